The van der Waals surface area contributed by atoms with Gasteiger partial charge in [0, 0.05) is 0 Å². The number of carboxylic acid groups (broad SMARTS) is 1. The van der Waals surface area contributed by atoms with E-state index in [1.807, 2.05) is 0 Å². The Bertz CT molecular complexity index is 564. The molecule has 0 aliphatic heterocycles. The van der Waals surface area contributed by atoms with Crippen molar-refractivity contribution in [1.29, 1.82) is 0 Å². The summed E-state index contributed by atoms with van der Waals surface area (Å²) in [4.78, 5) is 23.5. The number of nitrogens with one attached hydrogen (secondary N) is 1. The van der Waals surface area contributed by atoms with Crippen molar-refractivity contribution in [2.24, 2.45) is 5.41 Å². The first-order valence-electron chi connectivity index (χ1n) is 6.92. The van der Waals surface area contributed by atoms with Gasteiger partial charge >= 0.3 is 12.1 Å². The number of halogens is 1. The number of carbonyl (C=O) groups is 2. The fraction of sp³-hybridized carbons (Fsp3) is 0.500. The smallest absolute Gasteiger partial charge is 0.408 e. The zero-order valence-corrected chi connectivity index (χ0v) is 13.4. The van der Waals surface area contributed by atoms with E-state index < -0.39 is 34.9 Å². The normalized spacial score (nSPS) is 13.4. The van der Waals surface area contributed by atoms with E-state index >= 15 is 0 Å². The molecular weight excluding hydrogens is 289 g/mol. The summed E-state index contributed by atoms with van der Waals surface area (Å²) in [5.74, 6) is -1.62. The van der Waals surface area contributed by atoms with Crippen molar-refractivity contribution in [2.75, 3.05) is 0 Å². The minimum absolute atomic E-state index is 0.359. The highest BCUT2D eigenvalue weighted by atomic mass is 19.1. The molecule has 2 N–H and O–H groups in total. The molecule has 0 heterocycles. The van der Waals surface area contributed by atoms with Crippen LogP contribution in [0.3, 0.4) is 0 Å². The Labute approximate surface area is 129 Å². The predicted molar refractivity (Wildman–Crippen MR) is 79.9 cm³/mol. The van der Waals surface area contributed by atoms with Gasteiger partial charge < -0.3 is 15.2 Å². The van der Waals surface area contributed by atoms with Crippen LogP contribution in [0.2, 0.25) is 0 Å². The van der Waals surface area contributed by atoms with E-state index in [0.29, 0.717) is 5.56 Å². The summed E-state index contributed by atoms with van der Waals surface area (Å²) >= 11 is 0. The van der Waals surface area contributed by atoms with E-state index in [-0.39, 0.29) is 0 Å². The van der Waals surface area contributed by atoms with Crippen LogP contribution < -0.4 is 5.32 Å². The molecule has 6 heteroatoms. The molecule has 122 valence electrons. The largest absolute Gasteiger partial charge is 0.481 e. The van der Waals surface area contributed by atoms with Crippen LogP contribution in [-0.2, 0) is 9.53 Å². The zero-order chi connectivity index (χ0) is 17.1. The second-order valence-corrected chi connectivity index (χ2v) is 6.66. The van der Waals surface area contributed by atoms with Gasteiger partial charge in [0.05, 0.1) is 11.5 Å². The first kappa shape index (κ1) is 17.9. The predicted octanol–water partition coefficient (Wildman–Crippen LogP) is 3.50. The molecule has 1 amide bonds. The van der Waals surface area contributed by atoms with Gasteiger partial charge in [-0.2, -0.15) is 0 Å². The van der Waals surface area contributed by atoms with Crippen LogP contribution >= 0.6 is 0 Å². The molecule has 0 fully saturated rings. The highest BCUT2D eigenvalue weighted by Gasteiger charge is 2.39. The Morgan fingerprint density at radius 3 is 2.27 bits per heavy atom. The van der Waals surface area contributed by atoms with E-state index in [2.05, 4.69) is 5.32 Å². The van der Waals surface area contributed by atoms with E-state index in [1.54, 1.807) is 26.8 Å². The molecule has 0 bridgehead atoms. The van der Waals surface area contributed by atoms with Crippen LogP contribution in [0, 0.1) is 11.2 Å². The van der Waals surface area contributed by atoms with E-state index in [1.165, 1.54) is 32.0 Å². The topological polar surface area (TPSA) is 75.6 Å². The van der Waals surface area contributed by atoms with Crippen LogP contribution in [0.25, 0.3) is 0 Å². The molecular formula is C16H22FNO4. The SMILES string of the molecule is CC(C)(C)OC(=O)NC(c1cccc(F)c1)C(C)(C)C(=O)O. The van der Waals surface area contributed by atoms with Crippen LogP contribution in [0.1, 0.15) is 46.2 Å². The molecule has 0 aliphatic rings. The average molecular weight is 311 g/mol. The summed E-state index contributed by atoms with van der Waals surface area (Å²) in [6, 6.07) is 4.55. The van der Waals surface area contributed by atoms with E-state index in [0.717, 1.165) is 0 Å². The van der Waals surface area contributed by atoms with Gasteiger partial charge in [-0.05, 0) is 52.3 Å². The summed E-state index contributed by atoms with van der Waals surface area (Å²) in [5.41, 5.74) is -1.70. The summed E-state index contributed by atoms with van der Waals surface area (Å²) in [6.45, 7) is 8.02. The van der Waals surface area contributed by atoms with Crippen LogP contribution in [0.4, 0.5) is 9.18 Å². The lowest BCUT2D eigenvalue weighted by Gasteiger charge is -2.32. The molecule has 22 heavy (non-hydrogen) atoms. The lowest BCUT2D eigenvalue weighted by Crippen LogP contribution is -2.44. The van der Waals surface area contributed by atoms with Gasteiger partial charge in [-0.3, -0.25) is 4.79 Å². The summed E-state index contributed by atoms with van der Waals surface area (Å²) in [6.07, 6.45) is -0.754. The fourth-order valence-electron chi connectivity index (χ4n) is 1.92. The molecule has 0 aromatic heterocycles. The molecule has 0 saturated heterocycles. The number of amides is 1. The number of carbonyl (C=O) groups excluding carboxylic acids is 1. The third-order valence-corrected chi connectivity index (χ3v) is 3.12. The lowest BCUT2D eigenvalue weighted by atomic mass is 9.80. The summed E-state index contributed by atoms with van der Waals surface area (Å²) in [7, 11) is 0. The maximum atomic E-state index is 13.4. The van der Waals surface area contributed by atoms with Gasteiger partial charge in [0.2, 0.25) is 0 Å². The Morgan fingerprint density at radius 2 is 1.82 bits per heavy atom. The quantitative estimate of drug-likeness (QED) is 0.892. The maximum absolute atomic E-state index is 13.4. The Balaban J connectivity index is 3.13. The van der Waals surface area contributed by atoms with E-state index in [9.17, 15) is 19.1 Å². The number of rotatable bonds is 4. The van der Waals surface area contributed by atoms with Crippen LogP contribution in [-0.4, -0.2) is 22.8 Å². The maximum Gasteiger partial charge on any atom is 0.408 e. The first-order chi connectivity index (χ1) is 9.93. The van der Waals surface area contributed by atoms with Crippen molar-refractivity contribution < 1.29 is 23.8 Å². The van der Waals surface area contributed by atoms with Crippen LogP contribution in [0.15, 0.2) is 24.3 Å². The van der Waals surface area contributed by atoms with Gasteiger partial charge in [0.25, 0.3) is 0 Å². The van der Waals surface area contributed by atoms with E-state index in [4.69, 9.17) is 4.74 Å². The minimum atomic E-state index is -1.34. The third-order valence-electron chi connectivity index (χ3n) is 3.12. The molecule has 0 aliphatic carbocycles. The molecule has 0 radical (unpaired) electrons. The summed E-state index contributed by atoms with van der Waals surface area (Å²) < 4.78 is 18.6. The Kier molecular flexibility index (Phi) is 5.17. The standard InChI is InChI=1S/C16H22FNO4/c1-15(2,3)22-14(21)18-12(16(4,5)13(19)20)10-7-6-8-11(17)9-10/h6-9,12H,1-5H3,(H,18,21)(H,19,20). The number of hydrogen-bond acceptors (Lipinski definition) is 3. The van der Waals surface area contributed by atoms with Crippen molar-refractivity contribution in [2.45, 2.75) is 46.3 Å². The zero-order valence-electron chi connectivity index (χ0n) is 13.4. The molecule has 1 aromatic carbocycles. The average Bonchev–Trinajstić information content (AvgIpc) is 2.33. The summed E-state index contributed by atoms with van der Waals surface area (Å²) in [5, 5.41) is 11.9. The molecule has 5 nitrogen and oxygen atoms in total. The lowest BCUT2D eigenvalue weighted by molar-refractivity contribution is -0.148. The number of hydrogen-bond donors (Lipinski definition) is 2. The Morgan fingerprint density at radius 1 is 1.23 bits per heavy atom. The van der Waals surface area contributed by atoms with Crippen LogP contribution in [0.5, 0.6) is 0 Å². The highest BCUT2D eigenvalue weighted by molar-refractivity contribution is 5.77. The second kappa shape index (κ2) is 6.34. The minimum Gasteiger partial charge on any atom is -0.481 e. The highest BCUT2D eigenvalue weighted by Crippen LogP contribution is 2.34. The second-order valence-electron chi connectivity index (χ2n) is 6.66. The van der Waals surface area contributed by atoms with Crippen molar-refractivity contribution >= 4 is 12.1 Å². The number of alkyl carbamates (subject to hydrolysis) is 1. The van der Waals surface area contributed by atoms with Crippen molar-refractivity contribution in [1.82, 2.24) is 5.32 Å². The van der Waals surface area contributed by atoms with Gasteiger partial charge in [-0.1, -0.05) is 12.1 Å². The number of carboxylic acids is 1. The number of aliphatic carboxylic acids is 1. The van der Waals surface area contributed by atoms with Crippen molar-refractivity contribution in [3.8, 4) is 0 Å². The monoisotopic (exact) mass is 311 g/mol. The van der Waals surface area contributed by atoms with Gasteiger partial charge in [-0.15, -0.1) is 0 Å². The fourth-order valence-corrected chi connectivity index (χ4v) is 1.92. The number of ether oxygens (including phenoxy) is 1. The Hall–Kier alpha value is -2.11. The molecule has 0 spiro atoms. The first-order valence-corrected chi connectivity index (χ1v) is 6.92. The van der Waals surface area contributed by atoms with Gasteiger partial charge in [-0.25, -0.2) is 9.18 Å². The molecule has 1 rings (SSSR count). The molecule has 1 atom stereocenters. The molecule has 1 aromatic rings. The number of benzene rings is 1. The van der Waals surface area contributed by atoms with Crippen molar-refractivity contribution in [3.05, 3.63) is 35.6 Å². The molecule has 0 saturated carbocycles. The molecule has 1 unspecified atom stereocenters. The van der Waals surface area contributed by atoms with Gasteiger partial charge in [0.1, 0.15) is 11.4 Å². The third kappa shape index (κ3) is 4.72. The van der Waals surface area contributed by atoms with Crippen molar-refractivity contribution in [3.63, 3.8) is 0 Å². The van der Waals surface area contributed by atoms with Gasteiger partial charge in [0.15, 0.2) is 0 Å².